The van der Waals surface area contributed by atoms with E-state index in [1.54, 1.807) is 24.3 Å². The Balaban J connectivity index is 2.25. The lowest BCUT2D eigenvalue weighted by atomic mass is 10.2. The van der Waals surface area contributed by atoms with Crippen LogP contribution < -0.4 is 10.1 Å². The first kappa shape index (κ1) is 13.0. The molecule has 0 aliphatic heterocycles. The van der Waals surface area contributed by atoms with Crippen molar-refractivity contribution < 1.29 is 18.3 Å². The summed E-state index contributed by atoms with van der Waals surface area (Å²) in [4.78, 5) is 12.0. The number of halogens is 2. The van der Waals surface area contributed by atoms with E-state index in [4.69, 9.17) is 4.74 Å². The molecular weight excluding hydrogens is 252 g/mol. The predicted molar refractivity (Wildman–Crippen MR) is 67.3 cm³/mol. The summed E-state index contributed by atoms with van der Waals surface area (Å²) in [6.45, 7) is 0. The van der Waals surface area contributed by atoms with Crippen molar-refractivity contribution in [3.63, 3.8) is 0 Å². The molecule has 5 heteroatoms. The average Bonchev–Trinajstić information content (AvgIpc) is 2.37. The first-order chi connectivity index (χ1) is 9.10. The van der Waals surface area contributed by atoms with E-state index in [1.807, 2.05) is 0 Å². The van der Waals surface area contributed by atoms with Crippen molar-refractivity contribution in [2.24, 2.45) is 0 Å². The lowest BCUT2D eigenvalue weighted by Gasteiger charge is -2.09. The van der Waals surface area contributed by atoms with Crippen LogP contribution in [0.2, 0.25) is 0 Å². The summed E-state index contributed by atoms with van der Waals surface area (Å²) in [6, 6.07) is 9.39. The topological polar surface area (TPSA) is 38.3 Å². The van der Waals surface area contributed by atoms with Crippen LogP contribution in [0.25, 0.3) is 0 Å². The molecule has 0 bridgehead atoms. The third kappa shape index (κ3) is 3.07. The third-order valence-corrected chi connectivity index (χ3v) is 2.47. The number of nitrogens with one attached hydrogen (secondary N) is 1. The van der Waals surface area contributed by atoms with Crippen molar-refractivity contribution in [3.8, 4) is 5.75 Å². The Labute approximate surface area is 108 Å². The molecule has 0 saturated heterocycles. The zero-order chi connectivity index (χ0) is 13.8. The van der Waals surface area contributed by atoms with Crippen LogP contribution in [0.3, 0.4) is 0 Å². The van der Waals surface area contributed by atoms with Gasteiger partial charge in [0.2, 0.25) is 0 Å². The molecule has 1 N–H and O–H groups in total. The van der Waals surface area contributed by atoms with Gasteiger partial charge < -0.3 is 10.1 Å². The number of ether oxygens (including phenoxy) is 1. The lowest BCUT2D eigenvalue weighted by Crippen LogP contribution is -2.13. The summed E-state index contributed by atoms with van der Waals surface area (Å²) in [5.41, 5.74) is 0.336. The second kappa shape index (κ2) is 5.48. The maximum atomic E-state index is 13.0. The summed E-state index contributed by atoms with van der Waals surface area (Å²) < 4.78 is 31.1. The molecule has 0 aliphatic carbocycles. The minimum absolute atomic E-state index is 0.0495. The van der Waals surface area contributed by atoms with Crippen molar-refractivity contribution in [3.05, 3.63) is 59.7 Å². The molecule has 2 aromatic carbocycles. The molecule has 0 spiro atoms. The largest absolute Gasteiger partial charge is 0.496 e. The molecule has 19 heavy (non-hydrogen) atoms. The number of hydrogen-bond donors (Lipinski definition) is 1. The van der Waals surface area contributed by atoms with Gasteiger partial charge in [-0.3, -0.25) is 4.79 Å². The van der Waals surface area contributed by atoms with Crippen LogP contribution in [-0.4, -0.2) is 13.0 Å². The van der Waals surface area contributed by atoms with E-state index in [9.17, 15) is 13.6 Å². The average molecular weight is 263 g/mol. The molecule has 0 heterocycles. The second-order valence-electron chi connectivity index (χ2n) is 3.81. The quantitative estimate of drug-likeness (QED) is 0.923. The zero-order valence-corrected chi connectivity index (χ0v) is 10.1. The van der Waals surface area contributed by atoms with Crippen molar-refractivity contribution >= 4 is 11.6 Å². The Morgan fingerprint density at radius 1 is 1.11 bits per heavy atom. The molecule has 0 unspecified atom stereocenters. The Morgan fingerprint density at radius 3 is 2.37 bits per heavy atom. The van der Waals surface area contributed by atoms with E-state index in [1.165, 1.54) is 7.11 Å². The van der Waals surface area contributed by atoms with Gasteiger partial charge >= 0.3 is 0 Å². The van der Waals surface area contributed by atoms with E-state index in [0.29, 0.717) is 5.75 Å². The van der Waals surface area contributed by atoms with Gasteiger partial charge in [-0.05, 0) is 24.3 Å². The summed E-state index contributed by atoms with van der Waals surface area (Å²) in [6.07, 6.45) is 0. The van der Waals surface area contributed by atoms with Crippen LogP contribution in [0.15, 0.2) is 42.5 Å². The fourth-order valence-electron chi connectivity index (χ4n) is 1.66. The van der Waals surface area contributed by atoms with E-state index < -0.39 is 17.5 Å². The molecule has 3 nitrogen and oxygen atoms in total. The second-order valence-corrected chi connectivity index (χ2v) is 3.81. The normalized spacial score (nSPS) is 10.1. The number of rotatable bonds is 3. The van der Waals surface area contributed by atoms with E-state index in [0.717, 1.165) is 18.2 Å². The molecule has 1 amide bonds. The van der Waals surface area contributed by atoms with Crippen molar-refractivity contribution in [2.45, 2.75) is 0 Å². The van der Waals surface area contributed by atoms with Gasteiger partial charge in [0.25, 0.3) is 5.91 Å². The van der Waals surface area contributed by atoms with E-state index in [-0.39, 0.29) is 11.3 Å². The Kier molecular flexibility index (Phi) is 3.75. The highest BCUT2D eigenvalue weighted by atomic mass is 19.1. The number of carbonyl (C=O) groups is 1. The van der Waals surface area contributed by atoms with Gasteiger partial charge in [-0.15, -0.1) is 0 Å². The Hall–Kier alpha value is -2.43. The summed E-state index contributed by atoms with van der Waals surface area (Å²) in [5.74, 6) is -1.62. The first-order valence-corrected chi connectivity index (χ1v) is 5.50. The van der Waals surface area contributed by atoms with Crippen molar-refractivity contribution in [1.29, 1.82) is 0 Å². The molecule has 2 aromatic rings. The maximum absolute atomic E-state index is 13.0. The number of anilines is 1. The molecule has 0 aliphatic rings. The lowest BCUT2D eigenvalue weighted by molar-refractivity contribution is 0.102. The third-order valence-electron chi connectivity index (χ3n) is 2.47. The van der Waals surface area contributed by atoms with Gasteiger partial charge in [0.05, 0.1) is 12.7 Å². The van der Waals surface area contributed by atoms with E-state index >= 15 is 0 Å². The van der Waals surface area contributed by atoms with Gasteiger partial charge in [0.1, 0.15) is 17.4 Å². The Morgan fingerprint density at radius 2 is 1.74 bits per heavy atom. The summed E-state index contributed by atoms with van der Waals surface area (Å²) in [7, 11) is 1.44. The zero-order valence-electron chi connectivity index (χ0n) is 10.1. The standard InChI is InChI=1S/C14H11F2NO2/c1-19-13-5-3-2-4-12(13)14(18)17-11-7-9(15)6-10(16)8-11/h2-8H,1H3,(H,17,18). The summed E-state index contributed by atoms with van der Waals surface area (Å²) >= 11 is 0. The highest BCUT2D eigenvalue weighted by Gasteiger charge is 2.12. The molecule has 2 rings (SSSR count). The van der Waals surface area contributed by atoms with Crippen molar-refractivity contribution in [1.82, 2.24) is 0 Å². The minimum Gasteiger partial charge on any atom is -0.496 e. The molecular formula is C14H11F2NO2. The van der Waals surface area contributed by atoms with Gasteiger partial charge in [-0.1, -0.05) is 12.1 Å². The van der Waals surface area contributed by atoms with Gasteiger partial charge in [-0.25, -0.2) is 8.78 Å². The minimum atomic E-state index is -0.754. The highest BCUT2D eigenvalue weighted by Crippen LogP contribution is 2.20. The number of carbonyl (C=O) groups excluding carboxylic acids is 1. The molecule has 0 atom stereocenters. The smallest absolute Gasteiger partial charge is 0.259 e. The first-order valence-electron chi connectivity index (χ1n) is 5.50. The highest BCUT2D eigenvalue weighted by molar-refractivity contribution is 6.06. The fraction of sp³-hybridized carbons (Fsp3) is 0.0714. The number of amides is 1. The molecule has 0 radical (unpaired) electrons. The van der Waals surface area contributed by atoms with Gasteiger partial charge in [0, 0.05) is 11.8 Å². The molecule has 98 valence electrons. The van der Waals surface area contributed by atoms with Gasteiger partial charge in [-0.2, -0.15) is 0 Å². The number of benzene rings is 2. The molecule has 0 fully saturated rings. The van der Waals surface area contributed by atoms with Crippen LogP contribution in [-0.2, 0) is 0 Å². The van der Waals surface area contributed by atoms with Crippen LogP contribution >= 0.6 is 0 Å². The molecule has 0 aromatic heterocycles. The van der Waals surface area contributed by atoms with Crippen LogP contribution in [0.5, 0.6) is 5.75 Å². The monoisotopic (exact) mass is 263 g/mol. The van der Waals surface area contributed by atoms with Crippen LogP contribution in [0.4, 0.5) is 14.5 Å². The number of para-hydroxylation sites is 1. The summed E-state index contributed by atoms with van der Waals surface area (Å²) in [5, 5.41) is 2.42. The Bertz CT molecular complexity index is 594. The van der Waals surface area contributed by atoms with E-state index in [2.05, 4.69) is 5.32 Å². The maximum Gasteiger partial charge on any atom is 0.259 e. The SMILES string of the molecule is COc1ccccc1C(=O)Nc1cc(F)cc(F)c1. The van der Waals surface area contributed by atoms with Gasteiger partial charge in [0.15, 0.2) is 0 Å². The fourth-order valence-corrected chi connectivity index (χ4v) is 1.66. The predicted octanol–water partition coefficient (Wildman–Crippen LogP) is 3.23. The molecule has 0 saturated carbocycles. The van der Waals surface area contributed by atoms with Crippen LogP contribution in [0, 0.1) is 11.6 Å². The number of hydrogen-bond acceptors (Lipinski definition) is 2. The van der Waals surface area contributed by atoms with Crippen molar-refractivity contribution in [2.75, 3.05) is 12.4 Å². The number of methoxy groups -OCH3 is 1. The van der Waals surface area contributed by atoms with Crippen LogP contribution in [0.1, 0.15) is 10.4 Å².